The summed E-state index contributed by atoms with van der Waals surface area (Å²) in [5, 5.41) is 7.73. The Kier molecular flexibility index (Phi) is 8.71. The molecule has 0 radical (unpaired) electrons. The fraction of sp³-hybridized carbons (Fsp3) is 0.429. The normalized spacial score (nSPS) is 19.6. The molecule has 0 bridgehead atoms. The van der Waals surface area contributed by atoms with Crippen LogP contribution < -0.4 is 10.7 Å². The van der Waals surface area contributed by atoms with Gasteiger partial charge in [-0.25, -0.2) is 13.8 Å². The zero-order chi connectivity index (χ0) is 26.5. The smallest absolute Gasteiger partial charge is 0.260 e. The molecule has 1 unspecified atom stereocenters. The highest BCUT2D eigenvalue weighted by molar-refractivity contribution is 6.04. The number of carbonyl (C=O) groups excluding carboxylic acids is 1. The predicted molar refractivity (Wildman–Crippen MR) is 143 cm³/mol. The van der Waals surface area contributed by atoms with Crippen LogP contribution in [0.5, 0.6) is 0 Å². The molecule has 2 aromatic heterocycles. The van der Waals surface area contributed by atoms with Gasteiger partial charge in [0.2, 0.25) is 5.91 Å². The third-order valence-electron chi connectivity index (χ3n) is 6.33. The summed E-state index contributed by atoms with van der Waals surface area (Å²) in [7, 11) is 0. The number of carbonyl (C=O) groups is 1. The van der Waals surface area contributed by atoms with E-state index in [4.69, 9.17) is 0 Å². The second-order valence-electron chi connectivity index (χ2n) is 8.79. The molecule has 1 atom stereocenters. The van der Waals surface area contributed by atoms with Crippen LogP contribution in [0.15, 0.2) is 58.5 Å². The second-order valence-corrected chi connectivity index (χ2v) is 8.79. The number of alkyl halides is 2. The van der Waals surface area contributed by atoms with E-state index in [-0.39, 0.29) is 5.82 Å². The average Bonchev–Trinajstić information content (AvgIpc) is 3.24. The molecule has 4 rings (SSSR count). The van der Waals surface area contributed by atoms with Gasteiger partial charge < -0.3 is 10.7 Å². The van der Waals surface area contributed by atoms with E-state index in [9.17, 15) is 13.6 Å². The van der Waals surface area contributed by atoms with Crippen molar-refractivity contribution in [2.75, 3.05) is 11.9 Å². The van der Waals surface area contributed by atoms with Gasteiger partial charge in [-0.05, 0) is 56.1 Å². The topological polar surface area (TPSA) is 79.3 Å². The number of amides is 1. The van der Waals surface area contributed by atoms with Crippen molar-refractivity contribution in [1.82, 2.24) is 15.4 Å². The van der Waals surface area contributed by atoms with Crippen LogP contribution in [-0.4, -0.2) is 34.1 Å². The third kappa shape index (κ3) is 6.04. The fourth-order valence-electron chi connectivity index (χ4n) is 4.08. The van der Waals surface area contributed by atoms with Gasteiger partial charge in [-0.2, -0.15) is 5.10 Å². The number of rotatable bonds is 7. The Morgan fingerprint density at radius 2 is 1.94 bits per heavy atom. The molecule has 1 saturated carbocycles. The van der Waals surface area contributed by atoms with Gasteiger partial charge in [0.15, 0.2) is 0 Å². The van der Waals surface area contributed by atoms with Crippen LogP contribution >= 0.6 is 0 Å². The first kappa shape index (κ1) is 27.2. The summed E-state index contributed by atoms with van der Waals surface area (Å²) in [6.07, 6.45) is 9.07. The van der Waals surface area contributed by atoms with E-state index in [0.717, 1.165) is 47.2 Å². The summed E-state index contributed by atoms with van der Waals surface area (Å²) in [6, 6.07) is 3.60. The minimum atomic E-state index is -2.91. The zero-order valence-corrected chi connectivity index (χ0v) is 21.9. The van der Waals surface area contributed by atoms with Gasteiger partial charge in [-0.3, -0.25) is 9.78 Å². The third-order valence-corrected chi connectivity index (χ3v) is 6.33. The number of anilines is 1. The van der Waals surface area contributed by atoms with Crippen LogP contribution in [0, 0.1) is 5.92 Å². The molecule has 36 heavy (non-hydrogen) atoms. The molecule has 1 aliphatic carbocycles. The number of hydrogen-bond donors (Lipinski definition) is 2. The number of aromatic nitrogens is 2. The van der Waals surface area contributed by atoms with Crippen LogP contribution in [0.25, 0.3) is 16.5 Å². The number of nitrogens with zero attached hydrogens (tertiary/aromatic N) is 3. The molecule has 1 amide bonds. The largest absolute Gasteiger partial charge is 0.310 e. The molecule has 1 fully saturated rings. The van der Waals surface area contributed by atoms with Gasteiger partial charge in [0.25, 0.3) is 5.92 Å². The lowest BCUT2D eigenvalue weighted by Gasteiger charge is -2.13. The second kappa shape index (κ2) is 11.5. The van der Waals surface area contributed by atoms with E-state index in [0.29, 0.717) is 5.52 Å². The maximum atomic E-state index is 13.1. The van der Waals surface area contributed by atoms with Crippen molar-refractivity contribution >= 4 is 33.9 Å². The summed E-state index contributed by atoms with van der Waals surface area (Å²) >= 11 is 0. The van der Waals surface area contributed by atoms with Crippen molar-refractivity contribution in [2.45, 2.75) is 66.7 Å². The lowest BCUT2D eigenvalue weighted by atomic mass is 9.93. The molecule has 192 valence electrons. The Hall–Kier alpha value is -3.42. The molecule has 2 N–H and O–H groups in total. The molecule has 2 aromatic rings. The first-order valence-electron chi connectivity index (χ1n) is 12.5. The van der Waals surface area contributed by atoms with Crippen LogP contribution in [-0.2, 0) is 4.79 Å². The minimum absolute atomic E-state index is 0.221. The summed E-state index contributed by atoms with van der Waals surface area (Å²) in [5.41, 5.74) is 10.3. The zero-order valence-electron chi connectivity index (χ0n) is 21.9. The SMILES string of the molecule is CC.C\C=C(/C(C)=C\C(C1=NNCC1)=C(/C)CC)c1cnc2cc(NC(=O)C3CC3(F)F)ncc2c1. The molecule has 3 heterocycles. The van der Waals surface area contributed by atoms with E-state index in [2.05, 4.69) is 58.7 Å². The lowest BCUT2D eigenvalue weighted by molar-refractivity contribution is -0.119. The quantitative estimate of drug-likeness (QED) is 0.420. The number of halogens is 2. The van der Waals surface area contributed by atoms with Crippen LogP contribution in [0.4, 0.5) is 14.6 Å². The summed E-state index contributed by atoms with van der Waals surface area (Å²) in [6.45, 7) is 13.2. The Bertz CT molecular complexity index is 1260. The number of nitrogens with one attached hydrogen (secondary N) is 2. The summed E-state index contributed by atoms with van der Waals surface area (Å²) in [5.74, 6) is -4.67. The Labute approximate surface area is 211 Å². The highest BCUT2D eigenvalue weighted by Crippen LogP contribution is 2.49. The van der Waals surface area contributed by atoms with Crippen molar-refractivity contribution in [3.63, 3.8) is 0 Å². The number of allylic oxidation sites excluding steroid dienone is 6. The first-order chi connectivity index (χ1) is 17.2. The lowest BCUT2D eigenvalue weighted by Crippen LogP contribution is -2.18. The summed E-state index contributed by atoms with van der Waals surface area (Å²) < 4.78 is 26.3. The van der Waals surface area contributed by atoms with Gasteiger partial charge in [0.05, 0.1) is 11.2 Å². The number of pyridine rings is 2. The van der Waals surface area contributed by atoms with Gasteiger partial charge in [-0.15, -0.1) is 0 Å². The van der Waals surface area contributed by atoms with Crippen molar-refractivity contribution in [1.29, 1.82) is 0 Å². The van der Waals surface area contributed by atoms with Crippen LogP contribution in [0.1, 0.15) is 66.4 Å². The Morgan fingerprint density at radius 1 is 1.22 bits per heavy atom. The van der Waals surface area contributed by atoms with E-state index in [1.807, 2.05) is 26.8 Å². The Morgan fingerprint density at radius 3 is 2.53 bits per heavy atom. The van der Waals surface area contributed by atoms with Crippen LogP contribution in [0.2, 0.25) is 0 Å². The summed E-state index contributed by atoms with van der Waals surface area (Å²) in [4.78, 5) is 20.7. The maximum Gasteiger partial charge on any atom is 0.260 e. The van der Waals surface area contributed by atoms with Gasteiger partial charge >= 0.3 is 0 Å². The fourth-order valence-corrected chi connectivity index (χ4v) is 4.08. The van der Waals surface area contributed by atoms with Gasteiger partial charge in [0, 0.05) is 48.8 Å². The molecular weight excluding hydrogens is 460 g/mol. The monoisotopic (exact) mass is 495 g/mol. The van der Waals surface area contributed by atoms with E-state index < -0.39 is 24.2 Å². The standard InChI is InChI=1S/C26H29F2N5O.C2H6/c1-5-15(3)20(22-7-8-31-33-22)9-16(4)19(6-2)17-10-18-14-30-24(11-23(18)29-13-17)32-25(34)21-12-26(21,27)28;1-2/h6,9-11,13-14,21,31H,5,7-8,12H2,1-4H3,(H,30,32,34);1-2H3/b16-9-,19-6+,20-15-;. The average molecular weight is 496 g/mol. The molecule has 8 heteroatoms. The highest BCUT2D eigenvalue weighted by atomic mass is 19.3. The van der Waals surface area contributed by atoms with E-state index >= 15 is 0 Å². The van der Waals surface area contributed by atoms with Gasteiger partial charge in [0.1, 0.15) is 11.7 Å². The predicted octanol–water partition coefficient (Wildman–Crippen LogP) is 6.68. The number of hydrogen-bond acceptors (Lipinski definition) is 5. The number of hydrazone groups is 1. The number of fused-ring (bicyclic) bond motifs is 1. The van der Waals surface area contributed by atoms with E-state index in [1.165, 1.54) is 11.1 Å². The maximum absolute atomic E-state index is 13.1. The minimum Gasteiger partial charge on any atom is -0.310 e. The molecule has 1 aliphatic heterocycles. The molecule has 0 aromatic carbocycles. The molecule has 2 aliphatic rings. The molecule has 0 saturated heterocycles. The van der Waals surface area contributed by atoms with Crippen molar-refractivity contribution in [2.24, 2.45) is 11.0 Å². The first-order valence-corrected chi connectivity index (χ1v) is 12.5. The van der Waals surface area contributed by atoms with Crippen molar-refractivity contribution in [3.8, 4) is 0 Å². The molecular formula is C28H35F2N5O. The molecule has 0 spiro atoms. The van der Waals surface area contributed by atoms with Crippen molar-refractivity contribution < 1.29 is 13.6 Å². The highest BCUT2D eigenvalue weighted by Gasteiger charge is 2.61. The Balaban J connectivity index is 0.00000176. The van der Waals surface area contributed by atoms with Gasteiger partial charge in [-0.1, -0.05) is 32.4 Å². The molecule has 6 nitrogen and oxygen atoms in total. The van der Waals surface area contributed by atoms with E-state index in [1.54, 1.807) is 18.5 Å². The van der Waals surface area contributed by atoms with Crippen molar-refractivity contribution in [3.05, 3.63) is 59.0 Å². The van der Waals surface area contributed by atoms with Crippen LogP contribution in [0.3, 0.4) is 0 Å².